The third-order valence-corrected chi connectivity index (χ3v) is 3.64. The quantitative estimate of drug-likeness (QED) is 0.827. The maximum Gasteiger partial charge on any atom is 0.412 e. The molecule has 5 heteroatoms. The normalized spacial score (nSPS) is 15.6. The van der Waals surface area contributed by atoms with Crippen molar-refractivity contribution in [2.75, 3.05) is 12.4 Å². The molecule has 0 bridgehead atoms. The first-order valence-electron chi connectivity index (χ1n) is 8.01. The van der Waals surface area contributed by atoms with Crippen LogP contribution in [0.5, 0.6) is 0 Å². The minimum atomic E-state index is -0.503. The predicted octanol–water partition coefficient (Wildman–Crippen LogP) is 4.11. The van der Waals surface area contributed by atoms with E-state index in [9.17, 15) is 4.79 Å². The van der Waals surface area contributed by atoms with E-state index in [0.717, 1.165) is 5.56 Å². The molecule has 0 aliphatic carbocycles. The molecule has 5 nitrogen and oxygen atoms in total. The number of hydrogen-bond donors (Lipinski definition) is 2. The van der Waals surface area contributed by atoms with Gasteiger partial charge in [-0.25, -0.2) is 4.79 Å². The van der Waals surface area contributed by atoms with E-state index in [1.807, 2.05) is 52.0 Å². The summed E-state index contributed by atoms with van der Waals surface area (Å²) in [5.74, 6) is 0. The third-order valence-electron chi connectivity index (χ3n) is 3.64. The fourth-order valence-corrected chi connectivity index (χ4v) is 2.11. The van der Waals surface area contributed by atoms with Crippen LogP contribution in [0.15, 0.2) is 24.3 Å². The van der Waals surface area contributed by atoms with Gasteiger partial charge in [0.15, 0.2) is 0 Å². The molecule has 0 saturated carbocycles. The fraction of sp³-hybridized carbons (Fsp3) is 0.611. The summed E-state index contributed by atoms with van der Waals surface area (Å²) in [6, 6.07) is 8.18. The summed E-state index contributed by atoms with van der Waals surface area (Å²) in [7, 11) is 1.71. The highest BCUT2D eigenvalue weighted by Crippen LogP contribution is 2.18. The summed E-state index contributed by atoms with van der Waals surface area (Å²) in [6.45, 7) is 11.8. The largest absolute Gasteiger partial charge is 0.444 e. The molecule has 1 rings (SSSR count). The first kappa shape index (κ1) is 19.5. The Morgan fingerprint density at radius 2 is 1.65 bits per heavy atom. The molecule has 0 radical (unpaired) electrons. The topological polar surface area (TPSA) is 59.6 Å². The highest BCUT2D eigenvalue weighted by molar-refractivity contribution is 5.84. The molecule has 0 saturated heterocycles. The number of anilines is 1. The minimum Gasteiger partial charge on any atom is -0.444 e. The van der Waals surface area contributed by atoms with Crippen LogP contribution in [-0.4, -0.2) is 30.9 Å². The van der Waals surface area contributed by atoms with E-state index in [0.29, 0.717) is 5.69 Å². The number of carbonyl (C=O) groups is 1. The van der Waals surface area contributed by atoms with Gasteiger partial charge in [0.05, 0.1) is 6.10 Å². The van der Waals surface area contributed by atoms with Gasteiger partial charge in [0.1, 0.15) is 5.60 Å². The van der Waals surface area contributed by atoms with Gasteiger partial charge >= 0.3 is 6.09 Å². The molecule has 2 N–H and O–H groups in total. The Morgan fingerprint density at radius 3 is 2.13 bits per heavy atom. The Labute approximate surface area is 139 Å². The third kappa shape index (κ3) is 7.01. The summed E-state index contributed by atoms with van der Waals surface area (Å²) >= 11 is 0. The maximum atomic E-state index is 11.7. The van der Waals surface area contributed by atoms with Crippen molar-refractivity contribution in [3.05, 3.63) is 29.8 Å². The van der Waals surface area contributed by atoms with Gasteiger partial charge < -0.3 is 14.8 Å². The van der Waals surface area contributed by atoms with Gasteiger partial charge in [-0.15, -0.1) is 0 Å². The van der Waals surface area contributed by atoms with E-state index >= 15 is 0 Å². The van der Waals surface area contributed by atoms with E-state index in [1.54, 1.807) is 7.11 Å². The van der Waals surface area contributed by atoms with Crippen molar-refractivity contribution in [3.63, 3.8) is 0 Å². The Balaban J connectivity index is 2.60. The molecule has 130 valence electrons. The van der Waals surface area contributed by atoms with Crippen molar-refractivity contribution in [1.29, 1.82) is 0 Å². The van der Waals surface area contributed by atoms with Gasteiger partial charge in [-0.1, -0.05) is 12.1 Å². The summed E-state index contributed by atoms with van der Waals surface area (Å²) in [5, 5.41) is 6.23. The lowest BCUT2D eigenvalue weighted by molar-refractivity contribution is 0.0636. The average Bonchev–Trinajstić information content (AvgIpc) is 2.44. The zero-order valence-corrected chi connectivity index (χ0v) is 15.3. The first-order valence-corrected chi connectivity index (χ1v) is 8.01. The molecular weight excluding hydrogens is 292 g/mol. The summed E-state index contributed by atoms with van der Waals surface area (Å²) in [5.41, 5.74) is 1.36. The lowest BCUT2D eigenvalue weighted by Gasteiger charge is -2.24. The van der Waals surface area contributed by atoms with E-state index in [4.69, 9.17) is 9.47 Å². The zero-order chi connectivity index (χ0) is 17.6. The maximum absolute atomic E-state index is 11.7. The second kappa shape index (κ2) is 8.31. The second-order valence-electron chi connectivity index (χ2n) is 6.87. The standard InChI is InChI=1S/C18H30N2O3/c1-12(14(3)22-7)19-13(2)15-8-10-16(11-9-15)20-17(21)23-18(4,5)6/h8-14,19H,1-7H3,(H,20,21). The summed E-state index contributed by atoms with van der Waals surface area (Å²) in [4.78, 5) is 11.7. The smallest absolute Gasteiger partial charge is 0.412 e. The highest BCUT2D eigenvalue weighted by atomic mass is 16.6. The van der Waals surface area contributed by atoms with Gasteiger partial charge in [-0.05, 0) is 59.2 Å². The van der Waals surface area contributed by atoms with Crippen molar-refractivity contribution in [2.24, 2.45) is 0 Å². The van der Waals surface area contributed by atoms with Crippen LogP contribution in [0, 0.1) is 0 Å². The molecule has 0 fully saturated rings. The number of methoxy groups -OCH3 is 1. The Kier molecular flexibility index (Phi) is 7.03. The van der Waals surface area contributed by atoms with Crippen molar-refractivity contribution < 1.29 is 14.3 Å². The van der Waals surface area contributed by atoms with Crippen LogP contribution in [0.25, 0.3) is 0 Å². The lowest BCUT2D eigenvalue weighted by atomic mass is 10.1. The van der Waals surface area contributed by atoms with Crippen LogP contribution in [0.4, 0.5) is 10.5 Å². The highest BCUT2D eigenvalue weighted by Gasteiger charge is 2.17. The summed E-state index contributed by atoms with van der Waals surface area (Å²) < 4.78 is 10.6. The molecule has 1 aromatic carbocycles. The van der Waals surface area contributed by atoms with Crippen molar-refractivity contribution in [3.8, 4) is 0 Å². The number of rotatable bonds is 6. The molecule has 23 heavy (non-hydrogen) atoms. The van der Waals surface area contributed by atoms with Crippen LogP contribution in [0.1, 0.15) is 53.1 Å². The van der Waals surface area contributed by atoms with E-state index in [-0.39, 0.29) is 18.2 Å². The molecule has 1 amide bonds. The first-order chi connectivity index (χ1) is 10.6. The van der Waals surface area contributed by atoms with Gasteiger partial charge in [0, 0.05) is 24.9 Å². The van der Waals surface area contributed by atoms with Gasteiger partial charge in [-0.3, -0.25) is 5.32 Å². The van der Waals surface area contributed by atoms with Crippen LogP contribution in [-0.2, 0) is 9.47 Å². The Hall–Kier alpha value is -1.59. The molecule has 0 aliphatic heterocycles. The Bertz CT molecular complexity index is 494. The SMILES string of the molecule is COC(C)C(C)NC(C)c1ccc(NC(=O)OC(C)(C)C)cc1. The van der Waals surface area contributed by atoms with Crippen LogP contribution in [0.3, 0.4) is 0 Å². The van der Waals surface area contributed by atoms with E-state index in [2.05, 4.69) is 24.5 Å². The predicted molar refractivity (Wildman–Crippen MR) is 93.8 cm³/mol. The van der Waals surface area contributed by atoms with E-state index in [1.165, 1.54) is 0 Å². The van der Waals surface area contributed by atoms with Crippen molar-refractivity contribution >= 4 is 11.8 Å². The van der Waals surface area contributed by atoms with Gasteiger partial charge in [0.25, 0.3) is 0 Å². The van der Waals surface area contributed by atoms with Crippen LogP contribution < -0.4 is 10.6 Å². The van der Waals surface area contributed by atoms with Gasteiger partial charge in [0.2, 0.25) is 0 Å². The zero-order valence-electron chi connectivity index (χ0n) is 15.3. The Morgan fingerprint density at radius 1 is 1.09 bits per heavy atom. The van der Waals surface area contributed by atoms with Crippen LogP contribution in [0.2, 0.25) is 0 Å². The molecule has 3 atom stereocenters. The average molecular weight is 322 g/mol. The molecule has 3 unspecified atom stereocenters. The minimum absolute atomic E-state index is 0.144. The second-order valence-corrected chi connectivity index (χ2v) is 6.87. The number of nitrogens with one attached hydrogen (secondary N) is 2. The number of benzene rings is 1. The molecule has 0 aliphatic rings. The number of amides is 1. The molecule has 1 aromatic rings. The summed E-state index contributed by atoms with van der Waals surface area (Å²) in [6.07, 6.45) is -0.301. The van der Waals surface area contributed by atoms with Crippen molar-refractivity contribution in [1.82, 2.24) is 5.32 Å². The van der Waals surface area contributed by atoms with E-state index < -0.39 is 11.7 Å². The monoisotopic (exact) mass is 322 g/mol. The molecule has 0 spiro atoms. The molecule has 0 aromatic heterocycles. The number of ether oxygens (including phenoxy) is 2. The number of carbonyl (C=O) groups excluding carboxylic acids is 1. The van der Waals surface area contributed by atoms with Gasteiger partial charge in [-0.2, -0.15) is 0 Å². The van der Waals surface area contributed by atoms with Crippen LogP contribution >= 0.6 is 0 Å². The lowest BCUT2D eigenvalue weighted by Crippen LogP contribution is -2.38. The fourth-order valence-electron chi connectivity index (χ4n) is 2.11. The number of hydrogen-bond acceptors (Lipinski definition) is 4. The van der Waals surface area contributed by atoms with Crippen molar-refractivity contribution in [2.45, 2.75) is 65.3 Å². The molecule has 0 heterocycles. The molecular formula is C18H30N2O3.